The van der Waals surface area contributed by atoms with Crippen molar-refractivity contribution >= 4 is 34.7 Å². The Balaban J connectivity index is 0.00000196. The van der Waals surface area contributed by atoms with Gasteiger partial charge in [-0.3, -0.25) is 4.79 Å². The molecule has 1 aromatic heterocycles. The van der Waals surface area contributed by atoms with Crippen LogP contribution in [-0.4, -0.2) is 17.4 Å². The zero-order chi connectivity index (χ0) is 10.7. The van der Waals surface area contributed by atoms with Gasteiger partial charge in [0.05, 0.1) is 10.7 Å². The number of nitrogens with two attached hydrogens (primary N) is 1. The maximum absolute atomic E-state index is 11.5. The van der Waals surface area contributed by atoms with E-state index in [0.29, 0.717) is 6.54 Å². The van der Waals surface area contributed by atoms with Crippen LogP contribution in [0.25, 0.3) is 0 Å². The lowest BCUT2D eigenvalue weighted by Gasteiger charge is -2.07. The van der Waals surface area contributed by atoms with Crippen LogP contribution in [0.15, 0.2) is 0 Å². The Hall–Kier alpha value is -0.650. The molecule has 15 heavy (non-hydrogen) atoms. The molecule has 0 saturated carbocycles. The van der Waals surface area contributed by atoms with Crippen LogP contribution in [0.1, 0.15) is 17.6 Å². The fraction of sp³-hybridized carbons (Fsp3) is 0.556. The minimum absolute atomic E-state index is 0. The highest BCUT2D eigenvalue weighted by atomic mass is 35.5. The van der Waals surface area contributed by atoms with E-state index in [1.807, 2.05) is 13.8 Å². The average molecular weight is 250 g/mol. The number of nitrogens with zero attached hydrogens (tertiary/aromatic N) is 1. The number of halogens is 1. The molecule has 0 aliphatic heterocycles. The largest absolute Gasteiger partial charge is 0.330 e. The topological polar surface area (TPSA) is 68.0 Å². The van der Waals surface area contributed by atoms with E-state index >= 15 is 0 Å². The van der Waals surface area contributed by atoms with Crippen molar-refractivity contribution in [3.05, 3.63) is 10.7 Å². The molecule has 1 atom stereocenters. The molecule has 0 aliphatic rings. The zero-order valence-electron chi connectivity index (χ0n) is 9.03. The van der Waals surface area contributed by atoms with Crippen LogP contribution in [0.5, 0.6) is 0 Å². The lowest BCUT2D eigenvalue weighted by Crippen LogP contribution is -2.26. The van der Waals surface area contributed by atoms with E-state index in [1.54, 1.807) is 6.92 Å². The molecule has 1 amide bonds. The smallest absolute Gasteiger partial charge is 0.229 e. The van der Waals surface area contributed by atoms with Crippen molar-refractivity contribution in [2.75, 3.05) is 11.9 Å². The second kappa shape index (κ2) is 6.05. The lowest BCUT2D eigenvalue weighted by atomic mass is 10.2. The molecule has 0 radical (unpaired) electrons. The van der Waals surface area contributed by atoms with Gasteiger partial charge < -0.3 is 11.1 Å². The Labute approximate surface area is 99.7 Å². The third-order valence-electron chi connectivity index (χ3n) is 1.94. The van der Waals surface area contributed by atoms with Gasteiger partial charge in [0, 0.05) is 12.5 Å². The van der Waals surface area contributed by atoms with Gasteiger partial charge in [0.15, 0.2) is 0 Å². The number of hydrogen-bond acceptors (Lipinski definition) is 4. The van der Waals surface area contributed by atoms with Crippen LogP contribution in [0, 0.1) is 19.8 Å². The molecule has 0 aliphatic carbocycles. The predicted molar refractivity (Wildman–Crippen MR) is 65.7 cm³/mol. The summed E-state index contributed by atoms with van der Waals surface area (Å²) in [5, 5.41) is 4.60. The monoisotopic (exact) mass is 249 g/mol. The summed E-state index contributed by atoms with van der Waals surface area (Å²) in [4.78, 5) is 15.7. The van der Waals surface area contributed by atoms with Crippen LogP contribution < -0.4 is 11.1 Å². The number of carbonyl (C=O) groups excluding carboxylic acids is 1. The van der Waals surface area contributed by atoms with E-state index in [0.717, 1.165) is 15.7 Å². The van der Waals surface area contributed by atoms with Gasteiger partial charge in [-0.2, -0.15) is 0 Å². The van der Waals surface area contributed by atoms with Gasteiger partial charge in [-0.15, -0.1) is 23.7 Å². The van der Waals surface area contributed by atoms with E-state index in [9.17, 15) is 4.79 Å². The number of carbonyl (C=O) groups is 1. The van der Waals surface area contributed by atoms with E-state index in [2.05, 4.69) is 10.3 Å². The summed E-state index contributed by atoms with van der Waals surface area (Å²) >= 11 is 1.49. The summed E-state index contributed by atoms with van der Waals surface area (Å²) in [6.07, 6.45) is 0. The fourth-order valence-electron chi connectivity index (χ4n) is 0.989. The first-order valence-corrected chi connectivity index (χ1v) is 5.31. The maximum atomic E-state index is 11.5. The van der Waals surface area contributed by atoms with Crippen LogP contribution >= 0.6 is 23.7 Å². The first-order valence-electron chi connectivity index (χ1n) is 4.49. The van der Waals surface area contributed by atoms with Crippen molar-refractivity contribution in [3.63, 3.8) is 0 Å². The number of thiazole rings is 1. The molecule has 4 nitrogen and oxygen atoms in total. The van der Waals surface area contributed by atoms with Gasteiger partial charge in [0.1, 0.15) is 5.00 Å². The number of nitrogens with one attached hydrogen (secondary N) is 1. The Kier molecular flexibility index (Phi) is 5.79. The Bertz CT molecular complexity index is 340. The van der Waals surface area contributed by atoms with Crippen molar-refractivity contribution in [2.45, 2.75) is 20.8 Å². The zero-order valence-corrected chi connectivity index (χ0v) is 10.7. The molecule has 86 valence electrons. The van der Waals surface area contributed by atoms with Crippen LogP contribution in [0.3, 0.4) is 0 Å². The fourth-order valence-corrected chi connectivity index (χ4v) is 1.81. The Morgan fingerprint density at radius 2 is 2.20 bits per heavy atom. The molecule has 0 bridgehead atoms. The summed E-state index contributed by atoms with van der Waals surface area (Å²) in [6, 6.07) is 0. The molecule has 0 saturated heterocycles. The normalized spacial score (nSPS) is 11.7. The third kappa shape index (κ3) is 3.77. The highest BCUT2D eigenvalue weighted by Crippen LogP contribution is 2.23. The quantitative estimate of drug-likeness (QED) is 0.857. The van der Waals surface area contributed by atoms with Crippen molar-refractivity contribution in [1.29, 1.82) is 0 Å². The van der Waals surface area contributed by atoms with Crippen LogP contribution in [-0.2, 0) is 4.79 Å². The Morgan fingerprint density at radius 1 is 1.60 bits per heavy atom. The molecule has 1 rings (SSSR count). The summed E-state index contributed by atoms with van der Waals surface area (Å²) in [7, 11) is 0. The summed E-state index contributed by atoms with van der Waals surface area (Å²) in [5.74, 6) is -0.198. The lowest BCUT2D eigenvalue weighted by molar-refractivity contribution is -0.119. The molecule has 1 heterocycles. The van der Waals surface area contributed by atoms with Gasteiger partial charge in [-0.1, -0.05) is 6.92 Å². The predicted octanol–water partition coefficient (Wildman–Crippen LogP) is 1.72. The molecule has 6 heteroatoms. The van der Waals surface area contributed by atoms with Gasteiger partial charge in [-0.05, 0) is 13.8 Å². The van der Waals surface area contributed by atoms with E-state index in [1.165, 1.54) is 11.3 Å². The van der Waals surface area contributed by atoms with E-state index in [4.69, 9.17) is 5.73 Å². The summed E-state index contributed by atoms with van der Waals surface area (Å²) in [6.45, 7) is 5.97. The van der Waals surface area contributed by atoms with Crippen molar-refractivity contribution < 1.29 is 4.79 Å². The molecule has 1 aromatic rings. The minimum atomic E-state index is -0.156. The van der Waals surface area contributed by atoms with Gasteiger partial charge >= 0.3 is 0 Å². The number of amides is 1. The van der Waals surface area contributed by atoms with Crippen molar-refractivity contribution in [2.24, 2.45) is 11.7 Å². The molecule has 0 aromatic carbocycles. The second-order valence-electron chi connectivity index (χ2n) is 3.27. The molecule has 3 N–H and O–H groups in total. The van der Waals surface area contributed by atoms with Crippen LogP contribution in [0.4, 0.5) is 5.00 Å². The number of aromatic nitrogens is 1. The summed E-state index contributed by atoms with van der Waals surface area (Å²) < 4.78 is 0. The molecule has 0 spiro atoms. The van der Waals surface area contributed by atoms with Crippen molar-refractivity contribution in [1.82, 2.24) is 4.98 Å². The maximum Gasteiger partial charge on any atom is 0.229 e. The summed E-state index contributed by atoms with van der Waals surface area (Å²) in [5.41, 5.74) is 6.26. The molecular weight excluding hydrogens is 234 g/mol. The van der Waals surface area contributed by atoms with Crippen molar-refractivity contribution in [3.8, 4) is 0 Å². The minimum Gasteiger partial charge on any atom is -0.330 e. The molecular formula is C9H16ClN3OS. The Morgan fingerprint density at radius 3 is 2.60 bits per heavy atom. The number of rotatable bonds is 3. The molecule has 0 fully saturated rings. The highest BCUT2D eigenvalue weighted by Gasteiger charge is 2.13. The van der Waals surface area contributed by atoms with Gasteiger partial charge in [-0.25, -0.2) is 4.98 Å². The second-order valence-corrected chi connectivity index (χ2v) is 4.48. The van der Waals surface area contributed by atoms with Gasteiger partial charge in [0.25, 0.3) is 0 Å². The molecule has 1 unspecified atom stereocenters. The number of anilines is 1. The SMILES string of the molecule is Cc1nc(C)c(NC(=O)C(C)CN)s1.Cl. The van der Waals surface area contributed by atoms with Gasteiger partial charge in [0.2, 0.25) is 5.91 Å². The number of hydrogen-bond donors (Lipinski definition) is 2. The third-order valence-corrected chi connectivity index (χ3v) is 2.93. The van der Waals surface area contributed by atoms with E-state index < -0.39 is 0 Å². The average Bonchev–Trinajstić information content (AvgIpc) is 2.44. The first-order chi connectivity index (χ1) is 6.54. The number of aryl methyl sites for hydroxylation is 2. The van der Waals surface area contributed by atoms with Crippen LogP contribution in [0.2, 0.25) is 0 Å². The standard InChI is InChI=1S/C9H15N3OS.ClH/c1-5(4-10)8(13)12-9-6(2)11-7(3)14-9;/h5H,4,10H2,1-3H3,(H,12,13);1H. The first kappa shape index (κ1) is 14.3. The van der Waals surface area contributed by atoms with E-state index in [-0.39, 0.29) is 24.2 Å². The highest BCUT2D eigenvalue weighted by molar-refractivity contribution is 7.16.